The van der Waals surface area contributed by atoms with Gasteiger partial charge in [-0.2, -0.15) is 4.98 Å². The molecule has 1 aromatic heterocycles. The van der Waals surface area contributed by atoms with Crippen LogP contribution in [0.25, 0.3) is 0 Å². The zero-order valence-electron chi connectivity index (χ0n) is 12.4. The number of aromatic nitrogens is 2. The van der Waals surface area contributed by atoms with Crippen molar-refractivity contribution in [1.82, 2.24) is 9.97 Å². The first-order valence-electron chi connectivity index (χ1n) is 7.05. The van der Waals surface area contributed by atoms with Gasteiger partial charge >= 0.3 is 6.01 Å². The Hall–Kier alpha value is -2.43. The average Bonchev–Trinajstić information content (AvgIpc) is 2.46. The normalized spacial score (nSPS) is 10.4. The Kier molecular flexibility index (Phi) is 4.87. The van der Waals surface area contributed by atoms with E-state index in [1.807, 2.05) is 31.2 Å². The van der Waals surface area contributed by atoms with Crippen molar-refractivity contribution >= 4 is 5.84 Å². The number of benzene rings is 1. The Bertz CT molecular complexity index is 623. The molecule has 0 saturated carbocycles. The molecule has 0 bridgehead atoms. The summed E-state index contributed by atoms with van der Waals surface area (Å²) in [6.07, 6.45) is 3.44. The topological polar surface area (TPSA) is 84.9 Å². The quantitative estimate of drug-likeness (QED) is 0.630. The molecule has 5 heteroatoms. The minimum Gasteiger partial charge on any atom is -0.424 e. The molecule has 0 unspecified atom stereocenters. The highest BCUT2D eigenvalue weighted by atomic mass is 16.5. The van der Waals surface area contributed by atoms with Crippen LogP contribution in [-0.4, -0.2) is 15.8 Å². The maximum Gasteiger partial charge on any atom is 0.322 e. The van der Waals surface area contributed by atoms with E-state index in [1.54, 1.807) is 6.07 Å². The SMILES string of the molecule is CCCCc1ccc(Oc2nc(C)cc(C(=N)N)n2)cc1. The fourth-order valence-electron chi connectivity index (χ4n) is 1.94. The van der Waals surface area contributed by atoms with Crippen molar-refractivity contribution in [1.29, 1.82) is 5.41 Å². The smallest absolute Gasteiger partial charge is 0.322 e. The number of nitrogens with zero attached hydrogens (tertiary/aromatic N) is 2. The van der Waals surface area contributed by atoms with Crippen molar-refractivity contribution < 1.29 is 4.74 Å². The maximum absolute atomic E-state index is 7.43. The van der Waals surface area contributed by atoms with E-state index in [9.17, 15) is 0 Å². The van der Waals surface area contributed by atoms with Gasteiger partial charge in [0.15, 0.2) is 0 Å². The number of ether oxygens (including phenoxy) is 1. The lowest BCUT2D eigenvalue weighted by Gasteiger charge is -2.07. The third-order valence-corrected chi connectivity index (χ3v) is 3.06. The van der Waals surface area contributed by atoms with E-state index in [0.717, 1.165) is 6.42 Å². The maximum atomic E-state index is 7.43. The lowest BCUT2D eigenvalue weighted by molar-refractivity contribution is 0.439. The zero-order valence-corrected chi connectivity index (χ0v) is 12.4. The molecule has 0 radical (unpaired) electrons. The molecule has 0 atom stereocenters. The number of nitrogen functional groups attached to an aromatic ring is 1. The molecule has 0 aliphatic carbocycles. The van der Waals surface area contributed by atoms with Gasteiger partial charge < -0.3 is 10.5 Å². The Morgan fingerprint density at radius 2 is 1.95 bits per heavy atom. The summed E-state index contributed by atoms with van der Waals surface area (Å²) in [6.45, 7) is 3.99. The van der Waals surface area contributed by atoms with Crippen LogP contribution in [0.5, 0.6) is 11.8 Å². The van der Waals surface area contributed by atoms with Crippen LogP contribution in [-0.2, 0) is 6.42 Å². The Morgan fingerprint density at radius 3 is 2.57 bits per heavy atom. The van der Waals surface area contributed by atoms with Crippen LogP contribution in [0, 0.1) is 12.3 Å². The van der Waals surface area contributed by atoms with Crippen LogP contribution in [0.2, 0.25) is 0 Å². The fraction of sp³-hybridized carbons (Fsp3) is 0.312. The number of rotatable bonds is 6. The largest absolute Gasteiger partial charge is 0.424 e. The number of unbranched alkanes of at least 4 members (excludes halogenated alkanes) is 1. The van der Waals surface area contributed by atoms with Gasteiger partial charge in [0.25, 0.3) is 0 Å². The molecule has 0 aliphatic rings. The Morgan fingerprint density at radius 1 is 1.24 bits per heavy atom. The van der Waals surface area contributed by atoms with E-state index < -0.39 is 0 Å². The standard InChI is InChI=1S/C16H20N4O/c1-3-4-5-12-6-8-13(9-7-12)21-16-19-11(2)10-14(20-16)15(17)18/h6-10H,3-5H2,1-2H3,(H3,17,18). The summed E-state index contributed by atoms with van der Waals surface area (Å²) >= 11 is 0. The first-order chi connectivity index (χ1) is 10.1. The van der Waals surface area contributed by atoms with E-state index in [-0.39, 0.29) is 11.8 Å². The molecule has 0 spiro atoms. The van der Waals surface area contributed by atoms with Gasteiger partial charge in [-0.3, -0.25) is 5.41 Å². The van der Waals surface area contributed by atoms with E-state index in [2.05, 4.69) is 16.9 Å². The van der Waals surface area contributed by atoms with E-state index in [1.165, 1.54) is 18.4 Å². The minimum atomic E-state index is -0.0970. The van der Waals surface area contributed by atoms with E-state index in [4.69, 9.17) is 15.9 Å². The van der Waals surface area contributed by atoms with Crippen molar-refractivity contribution in [3.8, 4) is 11.8 Å². The number of aryl methyl sites for hydroxylation is 2. The molecule has 3 N–H and O–H groups in total. The van der Waals surface area contributed by atoms with Gasteiger partial charge in [0, 0.05) is 5.69 Å². The molecule has 0 aliphatic heterocycles. The second-order valence-electron chi connectivity index (χ2n) is 4.94. The molecular formula is C16H20N4O. The summed E-state index contributed by atoms with van der Waals surface area (Å²) in [5.74, 6) is 0.579. The molecule has 110 valence electrons. The molecule has 21 heavy (non-hydrogen) atoms. The van der Waals surface area contributed by atoms with Crippen molar-refractivity contribution in [2.75, 3.05) is 0 Å². The molecular weight excluding hydrogens is 264 g/mol. The van der Waals surface area contributed by atoms with Crippen LogP contribution in [0.3, 0.4) is 0 Å². The van der Waals surface area contributed by atoms with Crippen LogP contribution >= 0.6 is 0 Å². The lowest BCUT2D eigenvalue weighted by atomic mass is 10.1. The van der Waals surface area contributed by atoms with Gasteiger partial charge in [-0.1, -0.05) is 25.5 Å². The second kappa shape index (κ2) is 6.83. The van der Waals surface area contributed by atoms with Gasteiger partial charge in [-0.15, -0.1) is 0 Å². The summed E-state index contributed by atoms with van der Waals surface area (Å²) in [4.78, 5) is 8.32. The molecule has 1 heterocycles. The summed E-state index contributed by atoms with van der Waals surface area (Å²) in [5, 5.41) is 7.43. The third-order valence-electron chi connectivity index (χ3n) is 3.06. The fourth-order valence-corrected chi connectivity index (χ4v) is 1.94. The number of amidine groups is 1. The minimum absolute atomic E-state index is 0.0970. The molecule has 2 aromatic rings. The predicted molar refractivity (Wildman–Crippen MR) is 82.9 cm³/mol. The lowest BCUT2D eigenvalue weighted by Crippen LogP contribution is -2.14. The molecule has 5 nitrogen and oxygen atoms in total. The van der Waals surface area contributed by atoms with Gasteiger partial charge in [0.05, 0.1) is 0 Å². The first kappa shape index (κ1) is 15.0. The Balaban J connectivity index is 2.12. The highest BCUT2D eigenvalue weighted by Gasteiger charge is 2.07. The van der Waals surface area contributed by atoms with Crippen molar-refractivity contribution in [3.05, 3.63) is 47.3 Å². The number of hydrogen-bond donors (Lipinski definition) is 2. The van der Waals surface area contributed by atoms with Crippen LogP contribution < -0.4 is 10.5 Å². The first-order valence-corrected chi connectivity index (χ1v) is 7.05. The highest BCUT2D eigenvalue weighted by Crippen LogP contribution is 2.19. The molecule has 0 fully saturated rings. The average molecular weight is 284 g/mol. The summed E-state index contributed by atoms with van der Waals surface area (Å²) in [5.41, 5.74) is 7.82. The van der Waals surface area contributed by atoms with Crippen LogP contribution in [0.4, 0.5) is 0 Å². The number of nitrogens with two attached hydrogens (primary N) is 1. The summed E-state index contributed by atoms with van der Waals surface area (Å²) < 4.78 is 5.64. The van der Waals surface area contributed by atoms with Gasteiger partial charge in [-0.05, 0) is 43.5 Å². The van der Waals surface area contributed by atoms with Gasteiger partial charge in [0.2, 0.25) is 0 Å². The predicted octanol–water partition coefficient (Wildman–Crippen LogP) is 3.20. The monoisotopic (exact) mass is 284 g/mol. The number of nitrogens with one attached hydrogen (secondary N) is 1. The molecule has 0 saturated heterocycles. The number of hydrogen-bond acceptors (Lipinski definition) is 4. The van der Waals surface area contributed by atoms with E-state index in [0.29, 0.717) is 17.1 Å². The van der Waals surface area contributed by atoms with Crippen LogP contribution in [0.15, 0.2) is 30.3 Å². The van der Waals surface area contributed by atoms with Crippen molar-refractivity contribution in [3.63, 3.8) is 0 Å². The Labute approximate surface area is 124 Å². The molecule has 2 rings (SSSR count). The molecule has 0 amide bonds. The summed E-state index contributed by atoms with van der Waals surface area (Å²) in [7, 11) is 0. The highest BCUT2D eigenvalue weighted by molar-refractivity contribution is 5.93. The second-order valence-corrected chi connectivity index (χ2v) is 4.94. The zero-order chi connectivity index (χ0) is 15.2. The van der Waals surface area contributed by atoms with Crippen molar-refractivity contribution in [2.45, 2.75) is 33.1 Å². The van der Waals surface area contributed by atoms with E-state index >= 15 is 0 Å². The van der Waals surface area contributed by atoms with Gasteiger partial charge in [-0.25, -0.2) is 4.98 Å². The van der Waals surface area contributed by atoms with Gasteiger partial charge in [0.1, 0.15) is 17.3 Å². The summed E-state index contributed by atoms with van der Waals surface area (Å²) in [6, 6.07) is 9.78. The molecule has 1 aromatic carbocycles. The van der Waals surface area contributed by atoms with Crippen molar-refractivity contribution in [2.24, 2.45) is 5.73 Å². The van der Waals surface area contributed by atoms with Crippen LogP contribution in [0.1, 0.15) is 36.7 Å². The third kappa shape index (κ3) is 4.27.